The topological polar surface area (TPSA) is 49.4 Å². The van der Waals surface area contributed by atoms with Crippen LogP contribution in [0, 0.1) is 11.6 Å². The summed E-state index contributed by atoms with van der Waals surface area (Å²) in [6, 6.07) is 9.83. The Morgan fingerprint density at radius 3 is 2.84 bits per heavy atom. The Bertz CT molecular complexity index is 828. The zero-order valence-corrected chi connectivity index (χ0v) is 14.3. The summed E-state index contributed by atoms with van der Waals surface area (Å²) in [5, 5.41) is 2.78. The molecule has 130 valence electrons. The number of nitrogens with zero attached hydrogens (tertiary/aromatic N) is 1. The molecule has 7 heteroatoms. The van der Waals surface area contributed by atoms with E-state index in [-0.39, 0.29) is 34.9 Å². The maximum absolute atomic E-state index is 13.7. The van der Waals surface area contributed by atoms with E-state index in [1.165, 1.54) is 4.90 Å². The zero-order valence-electron chi connectivity index (χ0n) is 13.5. The van der Waals surface area contributed by atoms with Crippen LogP contribution in [0.3, 0.4) is 0 Å². The van der Waals surface area contributed by atoms with Crippen LogP contribution in [0.25, 0.3) is 0 Å². The number of nitrogens with one attached hydrogen (secondary N) is 1. The molecule has 4 nitrogen and oxygen atoms in total. The van der Waals surface area contributed by atoms with E-state index in [0.717, 1.165) is 30.0 Å². The number of amides is 2. The van der Waals surface area contributed by atoms with E-state index in [0.29, 0.717) is 11.4 Å². The van der Waals surface area contributed by atoms with Gasteiger partial charge in [0, 0.05) is 17.4 Å². The normalized spacial score (nSPS) is 16.8. The second kappa shape index (κ2) is 7.23. The van der Waals surface area contributed by atoms with Crippen LogP contribution in [0.4, 0.5) is 20.2 Å². The first kappa shape index (κ1) is 17.4. The zero-order chi connectivity index (χ0) is 18.0. The van der Waals surface area contributed by atoms with Crippen molar-refractivity contribution < 1.29 is 18.4 Å². The van der Waals surface area contributed by atoms with Crippen LogP contribution < -0.4 is 10.2 Å². The number of rotatable bonds is 3. The molecular weight excluding hydrogens is 346 g/mol. The van der Waals surface area contributed by atoms with Crippen molar-refractivity contribution in [2.45, 2.75) is 24.3 Å². The molecule has 0 aromatic heterocycles. The maximum Gasteiger partial charge on any atom is 0.237 e. The van der Waals surface area contributed by atoms with Crippen molar-refractivity contribution in [2.75, 3.05) is 16.0 Å². The average Bonchev–Trinajstić information content (AvgIpc) is 2.69. The molecule has 1 heterocycles. The van der Waals surface area contributed by atoms with Gasteiger partial charge in [-0.1, -0.05) is 12.1 Å². The molecule has 0 saturated carbocycles. The van der Waals surface area contributed by atoms with Gasteiger partial charge in [-0.3, -0.25) is 9.59 Å². The Hall–Kier alpha value is -2.41. The number of halogens is 2. The fraction of sp³-hybridized carbons (Fsp3) is 0.222. The van der Waals surface area contributed by atoms with Gasteiger partial charge in [-0.15, -0.1) is 11.8 Å². The molecule has 25 heavy (non-hydrogen) atoms. The van der Waals surface area contributed by atoms with Crippen molar-refractivity contribution in [3.05, 3.63) is 54.1 Å². The molecule has 0 spiro atoms. The van der Waals surface area contributed by atoms with Crippen LogP contribution in [0.2, 0.25) is 0 Å². The lowest BCUT2D eigenvalue weighted by Gasteiger charge is -2.27. The molecule has 1 N–H and O–H groups in total. The van der Waals surface area contributed by atoms with Crippen LogP contribution in [-0.2, 0) is 9.59 Å². The number of thioether (sulfide) groups is 1. The molecule has 2 amide bonds. The fourth-order valence-corrected chi connectivity index (χ4v) is 3.58. The molecule has 0 bridgehead atoms. The highest BCUT2D eigenvalue weighted by Crippen LogP contribution is 2.32. The third-order valence-electron chi connectivity index (χ3n) is 3.87. The summed E-state index contributed by atoms with van der Waals surface area (Å²) in [7, 11) is 0. The standard InChI is InChI=1S/C18H16F2N2O2S/c1-11-8-17(23)21-14-4-2-3-5-15(14)22(11)18(24)10-25-16-9-12(19)6-7-13(16)20/h2-7,9,11H,8,10H2,1H3,(H,21,23)/t11-/m0/s1. The van der Waals surface area contributed by atoms with Crippen LogP contribution in [-0.4, -0.2) is 23.6 Å². The molecule has 0 fully saturated rings. The lowest BCUT2D eigenvalue weighted by Crippen LogP contribution is -2.40. The first-order valence-corrected chi connectivity index (χ1v) is 8.73. The largest absolute Gasteiger partial charge is 0.324 e. The molecule has 1 aliphatic rings. The third kappa shape index (κ3) is 3.82. The Labute approximate surface area is 148 Å². The van der Waals surface area contributed by atoms with Crippen LogP contribution in [0.5, 0.6) is 0 Å². The van der Waals surface area contributed by atoms with Crippen molar-refractivity contribution in [3.8, 4) is 0 Å². The Morgan fingerprint density at radius 1 is 1.28 bits per heavy atom. The molecular formula is C18H16F2N2O2S. The van der Waals surface area contributed by atoms with Crippen LogP contribution in [0.1, 0.15) is 13.3 Å². The van der Waals surface area contributed by atoms with E-state index in [1.807, 2.05) is 0 Å². The molecule has 1 atom stereocenters. The highest BCUT2D eigenvalue weighted by molar-refractivity contribution is 8.00. The minimum atomic E-state index is -0.569. The van der Waals surface area contributed by atoms with Gasteiger partial charge in [-0.05, 0) is 37.3 Å². The predicted octanol–water partition coefficient (Wildman–Crippen LogP) is 3.82. The quantitative estimate of drug-likeness (QED) is 0.845. The number of hydrogen-bond donors (Lipinski definition) is 1. The van der Waals surface area contributed by atoms with Gasteiger partial charge < -0.3 is 10.2 Å². The number of carbonyl (C=O) groups is 2. The summed E-state index contributed by atoms with van der Waals surface area (Å²) in [5.74, 6) is -1.63. The van der Waals surface area contributed by atoms with Crippen molar-refractivity contribution in [3.63, 3.8) is 0 Å². The highest BCUT2D eigenvalue weighted by atomic mass is 32.2. The SMILES string of the molecule is C[C@H]1CC(=O)Nc2ccccc2N1C(=O)CSc1cc(F)ccc1F. The molecule has 2 aromatic carbocycles. The second-order valence-electron chi connectivity index (χ2n) is 5.75. The van der Waals surface area contributed by atoms with E-state index in [9.17, 15) is 18.4 Å². The summed E-state index contributed by atoms with van der Waals surface area (Å²) in [5.41, 5.74) is 1.17. The van der Waals surface area contributed by atoms with Crippen molar-refractivity contribution in [1.29, 1.82) is 0 Å². The second-order valence-corrected chi connectivity index (χ2v) is 6.76. The minimum Gasteiger partial charge on any atom is -0.324 e. The highest BCUT2D eigenvalue weighted by Gasteiger charge is 2.29. The Morgan fingerprint density at radius 2 is 2.04 bits per heavy atom. The van der Waals surface area contributed by atoms with E-state index in [1.54, 1.807) is 31.2 Å². The van der Waals surface area contributed by atoms with Gasteiger partial charge in [0.15, 0.2) is 0 Å². The number of carbonyl (C=O) groups excluding carboxylic acids is 2. The maximum atomic E-state index is 13.7. The van der Waals surface area contributed by atoms with Gasteiger partial charge in [0.1, 0.15) is 11.6 Å². The van der Waals surface area contributed by atoms with Crippen LogP contribution in [0.15, 0.2) is 47.4 Å². The summed E-state index contributed by atoms with van der Waals surface area (Å²) < 4.78 is 27.0. The number of anilines is 2. The van der Waals surface area contributed by atoms with Gasteiger partial charge in [-0.25, -0.2) is 8.78 Å². The number of benzene rings is 2. The number of fused-ring (bicyclic) bond motifs is 1. The Balaban J connectivity index is 1.83. The van der Waals surface area contributed by atoms with E-state index >= 15 is 0 Å². The van der Waals surface area contributed by atoms with E-state index < -0.39 is 11.6 Å². The van der Waals surface area contributed by atoms with Gasteiger partial charge in [0.2, 0.25) is 11.8 Å². The van der Waals surface area contributed by atoms with Gasteiger partial charge in [-0.2, -0.15) is 0 Å². The van der Waals surface area contributed by atoms with Gasteiger partial charge in [0.25, 0.3) is 0 Å². The molecule has 3 rings (SSSR count). The molecule has 0 radical (unpaired) electrons. The predicted molar refractivity (Wildman–Crippen MR) is 93.7 cm³/mol. The summed E-state index contributed by atoms with van der Waals surface area (Å²) in [4.78, 5) is 26.3. The fourth-order valence-electron chi connectivity index (χ4n) is 2.76. The summed E-state index contributed by atoms with van der Waals surface area (Å²) >= 11 is 0.936. The van der Waals surface area contributed by atoms with Crippen molar-refractivity contribution in [2.24, 2.45) is 0 Å². The summed E-state index contributed by atoms with van der Waals surface area (Å²) in [6.45, 7) is 1.78. The molecule has 0 unspecified atom stereocenters. The lowest BCUT2D eigenvalue weighted by molar-refractivity contribution is -0.117. The molecule has 1 aliphatic heterocycles. The molecule has 0 saturated heterocycles. The van der Waals surface area contributed by atoms with E-state index in [4.69, 9.17) is 0 Å². The van der Waals surface area contributed by atoms with Gasteiger partial charge in [0.05, 0.1) is 17.1 Å². The monoisotopic (exact) mass is 362 g/mol. The van der Waals surface area contributed by atoms with E-state index in [2.05, 4.69) is 5.32 Å². The first-order chi connectivity index (χ1) is 12.0. The van der Waals surface area contributed by atoms with Crippen molar-refractivity contribution >= 4 is 35.0 Å². The van der Waals surface area contributed by atoms with Crippen molar-refractivity contribution in [1.82, 2.24) is 0 Å². The molecule has 0 aliphatic carbocycles. The third-order valence-corrected chi connectivity index (χ3v) is 4.89. The number of para-hydroxylation sites is 2. The van der Waals surface area contributed by atoms with Gasteiger partial charge >= 0.3 is 0 Å². The van der Waals surface area contributed by atoms with Crippen LogP contribution >= 0.6 is 11.8 Å². The minimum absolute atomic E-state index is 0.0623. The first-order valence-electron chi connectivity index (χ1n) is 7.74. The smallest absolute Gasteiger partial charge is 0.237 e. The molecule has 2 aromatic rings. The summed E-state index contributed by atoms with van der Waals surface area (Å²) in [6.07, 6.45) is 0.166. The number of hydrogen-bond acceptors (Lipinski definition) is 3. The Kier molecular flexibility index (Phi) is 5.03. The average molecular weight is 362 g/mol. The lowest BCUT2D eigenvalue weighted by atomic mass is 10.2.